The van der Waals surface area contributed by atoms with Crippen LogP contribution in [0, 0.1) is 34.5 Å². The number of esters is 2. The van der Waals surface area contributed by atoms with Crippen LogP contribution >= 0.6 is 0 Å². The molecule has 0 aromatic heterocycles. The molecule has 4 aliphatic heterocycles. The third-order valence-corrected chi connectivity index (χ3v) is 16.8. The van der Waals surface area contributed by atoms with Gasteiger partial charge in [-0.3, -0.25) is 4.79 Å². The van der Waals surface area contributed by atoms with Crippen LogP contribution in [0.4, 0.5) is 0 Å². The van der Waals surface area contributed by atoms with E-state index in [2.05, 4.69) is 13.8 Å². The van der Waals surface area contributed by atoms with Crippen molar-refractivity contribution in [2.24, 2.45) is 34.5 Å². The average molecular weight is 917 g/mol. The van der Waals surface area contributed by atoms with Crippen molar-refractivity contribution in [3.63, 3.8) is 0 Å². The second kappa shape index (κ2) is 18.5. The van der Waals surface area contributed by atoms with E-state index in [-0.39, 0.29) is 41.8 Å². The van der Waals surface area contributed by atoms with Crippen molar-refractivity contribution < 1.29 is 98.2 Å². The number of aliphatic hydroxyl groups excluding tert-OH is 8. The molecule has 0 spiro atoms. The SMILES string of the molecule is CO[C@@H]1[C@@H](O)[C@H](O[C@H]2CC[C@@]3(C)[C@H](CC[C@@H]4[C@@H]3CC[C@]3(C)[C@H](C5=CC(=O)OC5)[C@@H](OC(C)=O)C[C@]43O)C2)O[C@H](C)[C@@H]1O[C@@H]1O[C@H](COC[C@H]2O[C@@H](O)[C@H](O)[C@@H](O)[C@@H]2O)[C@@H](O)[C@H](O)[C@H]1O. The molecular formula is C44H68O20. The molecule has 0 aromatic carbocycles. The number of hydrogen-bond donors (Lipinski definition) is 9. The first-order valence-electron chi connectivity index (χ1n) is 22.8. The summed E-state index contributed by atoms with van der Waals surface area (Å²) in [5.41, 5.74) is -1.09. The number of rotatable bonds is 11. The quantitative estimate of drug-likeness (QED) is 0.0825. The summed E-state index contributed by atoms with van der Waals surface area (Å²) in [6, 6.07) is 0. The zero-order valence-corrected chi connectivity index (χ0v) is 37.0. The summed E-state index contributed by atoms with van der Waals surface area (Å²) >= 11 is 0. The molecule has 364 valence electrons. The van der Waals surface area contributed by atoms with Gasteiger partial charge in [0.2, 0.25) is 0 Å². The van der Waals surface area contributed by atoms with Crippen molar-refractivity contribution in [1.29, 1.82) is 0 Å². The second-order valence-electron chi connectivity index (χ2n) is 20.2. The van der Waals surface area contributed by atoms with Crippen molar-refractivity contribution in [2.45, 2.75) is 189 Å². The number of cyclic esters (lactones) is 1. The minimum atomic E-state index is -1.78. The van der Waals surface area contributed by atoms with Gasteiger partial charge in [-0.15, -0.1) is 0 Å². The van der Waals surface area contributed by atoms with Gasteiger partial charge in [0.25, 0.3) is 0 Å². The summed E-state index contributed by atoms with van der Waals surface area (Å²) in [5.74, 6) is -0.762. The van der Waals surface area contributed by atoms with E-state index < -0.39 is 134 Å². The van der Waals surface area contributed by atoms with Crippen molar-refractivity contribution in [3.05, 3.63) is 11.6 Å². The van der Waals surface area contributed by atoms with Crippen LogP contribution in [0.15, 0.2) is 11.6 Å². The Morgan fingerprint density at radius 2 is 1.45 bits per heavy atom. The summed E-state index contributed by atoms with van der Waals surface area (Å²) in [7, 11) is 1.38. The highest BCUT2D eigenvalue weighted by molar-refractivity contribution is 5.85. The molecule has 20 heteroatoms. The minimum Gasteiger partial charge on any atom is -0.462 e. The molecular weight excluding hydrogens is 848 g/mol. The number of carbonyl (C=O) groups is 2. The molecule has 64 heavy (non-hydrogen) atoms. The van der Waals surface area contributed by atoms with Gasteiger partial charge >= 0.3 is 11.9 Å². The molecule has 4 saturated carbocycles. The van der Waals surface area contributed by atoms with Gasteiger partial charge in [-0.1, -0.05) is 13.8 Å². The van der Waals surface area contributed by atoms with Crippen molar-refractivity contribution in [3.8, 4) is 0 Å². The summed E-state index contributed by atoms with van der Waals surface area (Å²) in [6.45, 7) is 6.78. The predicted octanol–water partition coefficient (Wildman–Crippen LogP) is -1.70. The highest BCUT2D eigenvalue weighted by Crippen LogP contribution is 2.70. The molecule has 0 unspecified atom stereocenters. The van der Waals surface area contributed by atoms with Gasteiger partial charge in [-0.2, -0.15) is 0 Å². The molecule has 3 saturated heterocycles. The van der Waals surface area contributed by atoms with Crippen molar-refractivity contribution in [1.82, 2.24) is 0 Å². The number of hydrogen-bond acceptors (Lipinski definition) is 20. The number of methoxy groups -OCH3 is 1. The summed E-state index contributed by atoms with van der Waals surface area (Å²) in [5, 5.41) is 96.7. The monoisotopic (exact) mass is 916 g/mol. The zero-order valence-electron chi connectivity index (χ0n) is 37.0. The fourth-order valence-electron chi connectivity index (χ4n) is 13.3. The van der Waals surface area contributed by atoms with E-state index in [1.807, 2.05) is 0 Å². The van der Waals surface area contributed by atoms with E-state index in [9.17, 15) is 55.5 Å². The van der Waals surface area contributed by atoms with Crippen LogP contribution in [0.1, 0.15) is 79.1 Å². The van der Waals surface area contributed by atoms with E-state index in [1.54, 1.807) is 6.92 Å². The number of fused-ring (bicyclic) bond motifs is 5. The van der Waals surface area contributed by atoms with Gasteiger partial charge in [-0.25, -0.2) is 4.79 Å². The van der Waals surface area contributed by atoms with Crippen LogP contribution in [-0.4, -0.2) is 195 Å². The molecule has 0 amide bonds. The van der Waals surface area contributed by atoms with E-state index in [4.69, 9.17) is 42.6 Å². The Morgan fingerprint density at radius 3 is 2.11 bits per heavy atom. The lowest BCUT2D eigenvalue weighted by atomic mass is 9.43. The fraction of sp³-hybridized carbons (Fsp3) is 0.909. The highest BCUT2D eigenvalue weighted by Gasteiger charge is 2.71. The first kappa shape index (κ1) is 48.5. The molecule has 0 bridgehead atoms. The molecule has 7 fully saturated rings. The van der Waals surface area contributed by atoms with Gasteiger partial charge in [0.1, 0.15) is 79.9 Å². The van der Waals surface area contributed by atoms with Crippen LogP contribution in [0.25, 0.3) is 0 Å². The van der Waals surface area contributed by atoms with Crippen LogP contribution in [-0.2, 0) is 52.2 Å². The second-order valence-corrected chi connectivity index (χ2v) is 20.2. The van der Waals surface area contributed by atoms with E-state index in [1.165, 1.54) is 20.1 Å². The summed E-state index contributed by atoms with van der Waals surface area (Å²) in [6.07, 6.45) is -15.0. The molecule has 4 aliphatic carbocycles. The smallest absolute Gasteiger partial charge is 0.331 e. The maximum absolute atomic E-state index is 12.9. The molecule has 20 nitrogen and oxygen atoms in total. The zero-order chi connectivity index (χ0) is 46.2. The molecule has 8 aliphatic rings. The third kappa shape index (κ3) is 8.38. The lowest BCUT2D eigenvalue weighted by Gasteiger charge is -2.63. The van der Waals surface area contributed by atoms with Crippen molar-refractivity contribution >= 4 is 11.9 Å². The predicted molar refractivity (Wildman–Crippen MR) is 214 cm³/mol. The van der Waals surface area contributed by atoms with Crippen LogP contribution in [0.5, 0.6) is 0 Å². The first-order valence-corrected chi connectivity index (χ1v) is 22.8. The lowest BCUT2D eigenvalue weighted by Crippen LogP contribution is -2.64. The molecule has 8 rings (SSSR count). The van der Waals surface area contributed by atoms with Gasteiger partial charge in [0.15, 0.2) is 18.9 Å². The Bertz CT molecular complexity index is 1720. The minimum absolute atomic E-state index is 0.0414. The topological polar surface area (TPSA) is 299 Å². The fourth-order valence-corrected chi connectivity index (χ4v) is 13.3. The summed E-state index contributed by atoms with van der Waals surface area (Å²) in [4.78, 5) is 24.5. The Balaban J connectivity index is 0.879. The Labute approximate surface area is 371 Å². The van der Waals surface area contributed by atoms with Crippen LogP contribution in [0.3, 0.4) is 0 Å². The molecule has 24 atom stereocenters. The highest BCUT2D eigenvalue weighted by atomic mass is 16.7. The van der Waals surface area contributed by atoms with Gasteiger partial charge in [-0.05, 0) is 80.6 Å². The molecule has 0 aromatic rings. The Morgan fingerprint density at radius 1 is 0.781 bits per heavy atom. The van der Waals surface area contributed by atoms with Gasteiger partial charge in [0.05, 0.1) is 31.0 Å². The number of ether oxygens (including phenoxy) is 9. The third-order valence-electron chi connectivity index (χ3n) is 16.8. The molecule has 0 radical (unpaired) electrons. The lowest BCUT2D eigenvalue weighted by molar-refractivity contribution is -0.363. The Hall–Kier alpha value is -1.96. The standard InChI is InChI=1S/C44H68O20/c1-18-37(64-40-35(52)33(50)31(48)27(63-40)17-57-16-26-30(47)32(49)34(51)39(54)62-26)38(56-5)36(53)41(59-18)61-22-8-10-42(3)21(13-22)6-7-24-23(42)9-11-43(4)29(20-12-28(46)58-15-20)25(60-19(2)45)14-44(24,43)55/h12,18,21-27,29-41,47-55H,6-11,13-17H2,1-5H3/t18-,21-,22+,23+,24-,25+,26-,27-,29-,30-,31-,32+,33+,34-,35-,36-,37+,38-,39-,40+,41+,42+,43-,44+/m1/s1. The first-order chi connectivity index (χ1) is 30.2. The molecule has 4 heterocycles. The van der Waals surface area contributed by atoms with E-state index in [0.717, 1.165) is 31.3 Å². The maximum Gasteiger partial charge on any atom is 0.331 e. The van der Waals surface area contributed by atoms with Crippen molar-refractivity contribution in [2.75, 3.05) is 26.9 Å². The normalized spacial score (nSPS) is 52.8. The van der Waals surface area contributed by atoms with E-state index in [0.29, 0.717) is 25.7 Å². The summed E-state index contributed by atoms with van der Waals surface area (Å²) < 4.78 is 52.3. The van der Waals surface area contributed by atoms with E-state index >= 15 is 0 Å². The number of carbonyl (C=O) groups excluding carboxylic acids is 2. The van der Waals surface area contributed by atoms with Gasteiger partial charge in [0, 0.05) is 37.9 Å². The van der Waals surface area contributed by atoms with Crippen LogP contribution < -0.4 is 0 Å². The average Bonchev–Trinajstić information content (AvgIpc) is 3.77. The van der Waals surface area contributed by atoms with Crippen LogP contribution in [0.2, 0.25) is 0 Å². The number of aliphatic hydroxyl groups is 9. The van der Waals surface area contributed by atoms with Gasteiger partial charge < -0.3 is 88.6 Å². The molecule has 9 N–H and O–H groups in total. The Kier molecular flexibility index (Phi) is 14.0. The maximum atomic E-state index is 12.9. The largest absolute Gasteiger partial charge is 0.462 e.